The smallest absolute Gasteiger partial charge is 0.328 e. The lowest BCUT2D eigenvalue weighted by Gasteiger charge is -2.42. The van der Waals surface area contributed by atoms with E-state index < -0.39 is 5.97 Å². The first-order valence-electron chi connectivity index (χ1n) is 8.78. The van der Waals surface area contributed by atoms with E-state index in [4.69, 9.17) is 33.0 Å². The lowest BCUT2D eigenvalue weighted by molar-refractivity contribution is -0.131. The molecule has 1 saturated carbocycles. The highest BCUT2D eigenvalue weighted by atomic mass is 35.5. The second-order valence-corrected chi connectivity index (χ2v) is 7.47. The van der Waals surface area contributed by atoms with Gasteiger partial charge in [0, 0.05) is 31.1 Å². The summed E-state index contributed by atoms with van der Waals surface area (Å²) in [6.07, 6.45) is 7.32. The maximum Gasteiger partial charge on any atom is 0.328 e. The zero-order valence-electron chi connectivity index (χ0n) is 14.1. The molecule has 1 heterocycles. The van der Waals surface area contributed by atoms with Crippen LogP contribution in [0.3, 0.4) is 0 Å². The third-order valence-corrected chi connectivity index (χ3v) is 5.96. The van der Waals surface area contributed by atoms with Crippen LogP contribution in [0.1, 0.15) is 42.7 Å². The summed E-state index contributed by atoms with van der Waals surface area (Å²) in [7, 11) is 0. The van der Waals surface area contributed by atoms with E-state index in [0.29, 0.717) is 22.0 Å². The molecule has 1 aliphatic carbocycles. The quantitative estimate of drug-likeness (QED) is 0.780. The summed E-state index contributed by atoms with van der Waals surface area (Å²) in [5.74, 6) is -0.661. The Kier molecular flexibility index (Phi) is 6.39. The summed E-state index contributed by atoms with van der Waals surface area (Å²) in [6.45, 7) is 3.45. The van der Waals surface area contributed by atoms with Gasteiger partial charge in [-0.3, -0.25) is 4.90 Å². The van der Waals surface area contributed by atoms with Crippen LogP contribution in [-0.4, -0.2) is 48.3 Å². The number of rotatable bonds is 4. The highest BCUT2D eigenvalue weighted by Gasteiger charge is 2.33. The van der Waals surface area contributed by atoms with E-state index in [1.807, 2.05) is 6.07 Å². The molecule has 0 spiro atoms. The molecule has 4 nitrogen and oxygen atoms in total. The molecule has 1 N–H and O–H groups in total. The second-order valence-electron chi connectivity index (χ2n) is 6.68. The number of carbonyl (C=O) groups is 1. The van der Waals surface area contributed by atoms with E-state index in [1.165, 1.54) is 12.8 Å². The van der Waals surface area contributed by atoms with Crippen molar-refractivity contribution < 1.29 is 14.6 Å². The number of carboxylic acids is 1. The number of aliphatic carboxylic acids is 1. The number of benzene rings is 1. The van der Waals surface area contributed by atoms with Gasteiger partial charge in [-0.1, -0.05) is 36.0 Å². The van der Waals surface area contributed by atoms with E-state index in [2.05, 4.69) is 4.90 Å². The Morgan fingerprint density at radius 2 is 1.92 bits per heavy atom. The van der Waals surface area contributed by atoms with Gasteiger partial charge in [0.05, 0.1) is 23.3 Å². The third kappa shape index (κ3) is 4.56. The van der Waals surface area contributed by atoms with Crippen LogP contribution < -0.4 is 0 Å². The molecule has 2 atom stereocenters. The van der Waals surface area contributed by atoms with Crippen LogP contribution in [0.2, 0.25) is 10.0 Å². The molecule has 0 bridgehead atoms. The molecule has 0 aromatic heterocycles. The average molecular weight is 384 g/mol. The predicted molar refractivity (Wildman–Crippen MR) is 101 cm³/mol. The molecule has 25 heavy (non-hydrogen) atoms. The number of hydrogen-bond acceptors (Lipinski definition) is 3. The largest absolute Gasteiger partial charge is 0.478 e. The highest BCUT2D eigenvalue weighted by molar-refractivity contribution is 6.42. The predicted octanol–water partition coefficient (Wildman–Crippen LogP) is 4.45. The Hall–Kier alpha value is -1.07. The Balaban J connectivity index is 1.92. The van der Waals surface area contributed by atoms with Crippen molar-refractivity contribution in [3.63, 3.8) is 0 Å². The Labute approximate surface area is 158 Å². The number of carboxylic acid groups (broad SMARTS) is 1. The molecule has 1 saturated heterocycles. The number of nitrogens with zero attached hydrogens (tertiary/aromatic N) is 1. The van der Waals surface area contributed by atoms with Gasteiger partial charge in [-0.2, -0.15) is 0 Å². The molecule has 3 rings (SSSR count). The van der Waals surface area contributed by atoms with Crippen LogP contribution in [0.25, 0.3) is 6.08 Å². The monoisotopic (exact) mass is 383 g/mol. The Morgan fingerprint density at radius 3 is 2.64 bits per heavy atom. The summed E-state index contributed by atoms with van der Waals surface area (Å²) in [5.41, 5.74) is 1.81. The van der Waals surface area contributed by atoms with Gasteiger partial charge in [-0.15, -0.1) is 0 Å². The summed E-state index contributed by atoms with van der Waals surface area (Å²) < 4.78 is 5.49. The summed E-state index contributed by atoms with van der Waals surface area (Å²) >= 11 is 12.9. The molecule has 1 aromatic rings. The molecule has 136 valence electrons. The van der Waals surface area contributed by atoms with Gasteiger partial charge < -0.3 is 9.84 Å². The molecular formula is C19H23Cl2NO3. The molecule has 0 amide bonds. The van der Waals surface area contributed by atoms with E-state index in [0.717, 1.165) is 56.3 Å². The number of morpholine rings is 1. The summed E-state index contributed by atoms with van der Waals surface area (Å²) in [5, 5.41) is 9.94. The summed E-state index contributed by atoms with van der Waals surface area (Å²) in [4.78, 5) is 13.3. The second kappa shape index (κ2) is 8.54. The molecule has 0 radical (unpaired) electrons. The molecule has 6 heteroatoms. The molecule has 2 fully saturated rings. The first kappa shape index (κ1) is 18.7. The zero-order valence-corrected chi connectivity index (χ0v) is 15.6. The fourth-order valence-electron chi connectivity index (χ4n) is 3.99. The first-order valence-corrected chi connectivity index (χ1v) is 9.53. The maximum atomic E-state index is 10.8. The van der Waals surface area contributed by atoms with Crippen molar-refractivity contribution in [1.29, 1.82) is 0 Å². The number of halogens is 2. The molecule has 2 unspecified atom stereocenters. The summed E-state index contributed by atoms with van der Waals surface area (Å²) in [6, 6.07) is 4.15. The van der Waals surface area contributed by atoms with E-state index in [1.54, 1.807) is 12.1 Å². The maximum absolute atomic E-state index is 10.8. The fourth-order valence-corrected chi connectivity index (χ4v) is 4.47. The van der Waals surface area contributed by atoms with Crippen molar-refractivity contribution in [1.82, 2.24) is 4.90 Å². The first-order chi connectivity index (χ1) is 12.1. The normalized spacial score (nSPS) is 25.4. The molecular weight excluding hydrogens is 361 g/mol. The van der Waals surface area contributed by atoms with Crippen LogP contribution >= 0.6 is 23.2 Å². The van der Waals surface area contributed by atoms with Crippen LogP contribution in [0.5, 0.6) is 0 Å². The molecule has 1 aromatic carbocycles. The van der Waals surface area contributed by atoms with Gasteiger partial charge in [0.1, 0.15) is 0 Å². The molecule has 1 aliphatic heterocycles. The zero-order chi connectivity index (χ0) is 17.8. The van der Waals surface area contributed by atoms with Gasteiger partial charge in [-0.25, -0.2) is 4.79 Å². The van der Waals surface area contributed by atoms with Gasteiger partial charge in [0.2, 0.25) is 0 Å². The van der Waals surface area contributed by atoms with Crippen LogP contribution in [0, 0.1) is 0 Å². The lowest BCUT2D eigenvalue weighted by atomic mass is 9.78. The minimum absolute atomic E-state index is 0.315. The average Bonchev–Trinajstić information content (AvgIpc) is 2.63. The minimum atomic E-state index is -0.975. The van der Waals surface area contributed by atoms with Crippen LogP contribution in [-0.2, 0) is 9.53 Å². The van der Waals surface area contributed by atoms with Gasteiger partial charge in [-0.05, 0) is 42.2 Å². The van der Waals surface area contributed by atoms with Crippen molar-refractivity contribution >= 4 is 35.2 Å². The number of hydrogen-bond donors (Lipinski definition) is 1. The minimum Gasteiger partial charge on any atom is -0.478 e. The van der Waals surface area contributed by atoms with Gasteiger partial charge in [0.25, 0.3) is 0 Å². The van der Waals surface area contributed by atoms with Gasteiger partial charge >= 0.3 is 5.97 Å². The highest BCUT2D eigenvalue weighted by Crippen LogP contribution is 2.42. The van der Waals surface area contributed by atoms with Crippen molar-refractivity contribution in [3.8, 4) is 0 Å². The molecule has 2 aliphatic rings. The standard InChI is InChI=1S/C19H23Cl2NO3/c20-16-12-13(5-6-18(23)24)11-15(19(16)21)14-3-1-2-4-17(14)22-7-9-25-10-8-22/h5-6,11-12,14,17H,1-4,7-10H2,(H,23,24). The Bertz CT molecular complexity index is 656. The third-order valence-electron chi connectivity index (χ3n) is 5.14. The Morgan fingerprint density at radius 1 is 1.20 bits per heavy atom. The lowest BCUT2D eigenvalue weighted by Crippen LogP contribution is -2.47. The van der Waals surface area contributed by atoms with E-state index in [9.17, 15) is 4.79 Å². The van der Waals surface area contributed by atoms with Crippen molar-refractivity contribution in [3.05, 3.63) is 39.4 Å². The van der Waals surface area contributed by atoms with Crippen molar-refractivity contribution in [2.75, 3.05) is 26.3 Å². The van der Waals surface area contributed by atoms with Crippen LogP contribution in [0.15, 0.2) is 18.2 Å². The van der Waals surface area contributed by atoms with E-state index in [-0.39, 0.29) is 0 Å². The van der Waals surface area contributed by atoms with Crippen LogP contribution in [0.4, 0.5) is 0 Å². The number of ether oxygens (including phenoxy) is 1. The van der Waals surface area contributed by atoms with Crippen molar-refractivity contribution in [2.45, 2.75) is 37.6 Å². The fraction of sp³-hybridized carbons (Fsp3) is 0.526. The van der Waals surface area contributed by atoms with Gasteiger partial charge in [0.15, 0.2) is 0 Å². The van der Waals surface area contributed by atoms with E-state index >= 15 is 0 Å². The topological polar surface area (TPSA) is 49.8 Å². The SMILES string of the molecule is O=C(O)C=Cc1cc(Cl)c(Cl)c(C2CCCCC2N2CCOCC2)c1. The van der Waals surface area contributed by atoms with Crippen molar-refractivity contribution in [2.24, 2.45) is 0 Å².